The van der Waals surface area contributed by atoms with Crippen molar-refractivity contribution in [3.8, 4) is 16.9 Å². The lowest BCUT2D eigenvalue weighted by molar-refractivity contribution is 0.478. The summed E-state index contributed by atoms with van der Waals surface area (Å²) in [6.45, 7) is 4.23. The van der Waals surface area contributed by atoms with Gasteiger partial charge in [0.2, 0.25) is 0 Å². The number of benzene rings is 2. The lowest BCUT2D eigenvalue weighted by Crippen LogP contribution is -1.90. The Morgan fingerprint density at radius 3 is 2.52 bits per heavy atom. The first-order chi connectivity index (χ1) is 10.2. The molecule has 0 saturated carbocycles. The third-order valence-electron chi connectivity index (χ3n) is 3.61. The first kappa shape index (κ1) is 15.2. The molecule has 0 fully saturated rings. The van der Waals surface area contributed by atoms with Crippen molar-refractivity contribution in [2.45, 2.75) is 33.1 Å². The van der Waals surface area contributed by atoms with E-state index in [1.54, 1.807) is 7.05 Å². The highest BCUT2D eigenvalue weighted by Gasteiger charge is 2.13. The summed E-state index contributed by atoms with van der Waals surface area (Å²) in [5.41, 5.74) is 4.75. The molecule has 0 aromatic heterocycles. The summed E-state index contributed by atoms with van der Waals surface area (Å²) in [6, 6.07) is 12.1. The second kappa shape index (κ2) is 7.02. The van der Waals surface area contributed by atoms with Crippen molar-refractivity contribution in [3.63, 3.8) is 0 Å². The normalized spacial score (nSPS) is 11.2. The minimum absolute atomic E-state index is 0.204. The zero-order valence-electron chi connectivity index (χ0n) is 12.9. The topological polar surface area (TPSA) is 45.0 Å². The molecule has 0 saturated heterocycles. The molecular weight excluding hydrogens is 260 g/mol. The number of hydrogen-bond acceptors (Lipinski definition) is 3. The Labute approximate surface area is 126 Å². The van der Waals surface area contributed by atoms with Crippen LogP contribution >= 0.6 is 0 Å². The van der Waals surface area contributed by atoms with E-state index < -0.39 is 0 Å². The largest absolute Gasteiger partial charge is 0.505 e. The number of hydrogen-bond donors (Lipinski definition) is 1. The molecule has 0 amide bonds. The first-order valence-electron chi connectivity index (χ1n) is 7.39. The maximum Gasteiger partial charge on any atom is 0.150 e. The van der Waals surface area contributed by atoms with Gasteiger partial charge in [-0.2, -0.15) is 10.2 Å². The number of azo groups is 1. The van der Waals surface area contributed by atoms with Crippen LogP contribution in [-0.2, 0) is 6.42 Å². The molecule has 21 heavy (non-hydrogen) atoms. The predicted molar refractivity (Wildman–Crippen MR) is 87.3 cm³/mol. The van der Waals surface area contributed by atoms with E-state index in [9.17, 15) is 5.11 Å². The number of phenolic OH excluding ortho intramolecular Hbond substituents is 1. The molecule has 0 bridgehead atoms. The second-order valence-corrected chi connectivity index (χ2v) is 5.23. The molecule has 2 aromatic carbocycles. The van der Waals surface area contributed by atoms with Gasteiger partial charge in [0.15, 0.2) is 5.75 Å². The molecule has 0 spiro atoms. The highest BCUT2D eigenvalue weighted by molar-refractivity contribution is 5.79. The quantitative estimate of drug-likeness (QED) is 0.731. The number of rotatable bonds is 5. The smallest absolute Gasteiger partial charge is 0.150 e. The monoisotopic (exact) mass is 282 g/mol. The minimum atomic E-state index is 0.204. The SMILES string of the molecule is CCCCc1cc(/N=N/C)c(O)c(-c2ccccc2C)c1. The Bertz CT molecular complexity index is 648. The molecule has 3 heteroatoms. The molecule has 0 aliphatic heterocycles. The van der Waals surface area contributed by atoms with Gasteiger partial charge < -0.3 is 5.11 Å². The van der Waals surface area contributed by atoms with Crippen LogP contribution in [0.15, 0.2) is 46.6 Å². The summed E-state index contributed by atoms with van der Waals surface area (Å²) in [4.78, 5) is 0. The van der Waals surface area contributed by atoms with E-state index in [2.05, 4.69) is 36.2 Å². The Morgan fingerprint density at radius 2 is 1.86 bits per heavy atom. The lowest BCUT2D eigenvalue weighted by Gasteiger charge is -2.12. The summed E-state index contributed by atoms with van der Waals surface area (Å²) < 4.78 is 0. The Morgan fingerprint density at radius 1 is 1.10 bits per heavy atom. The molecule has 0 radical (unpaired) electrons. The van der Waals surface area contributed by atoms with Crippen LogP contribution in [0, 0.1) is 6.92 Å². The maximum absolute atomic E-state index is 10.5. The van der Waals surface area contributed by atoms with Crippen LogP contribution in [0.1, 0.15) is 30.9 Å². The van der Waals surface area contributed by atoms with Gasteiger partial charge in [-0.05, 0) is 48.6 Å². The Kier molecular flexibility index (Phi) is 5.09. The first-order valence-corrected chi connectivity index (χ1v) is 7.39. The fourth-order valence-corrected chi connectivity index (χ4v) is 2.47. The van der Waals surface area contributed by atoms with E-state index in [1.807, 2.05) is 24.3 Å². The molecule has 3 nitrogen and oxygen atoms in total. The highest BCUT2D eigenvalue weighted by atomic mass is 16.3. The maximum atomic E-state index is 10.5. The molecule has 0 heterocycles. The molecule has 2 rings (SSSR count). The van der Waals surface area contributed by atoms with Crippen LogP contribution in [-0.4, -0.2) is 12.2 Å². The molecule has 0 aliphatic rings. The standard InChI is InChI=1S/C18H22N2O/c1-4-5-9-14-11-16(15-10-7-6-8-13(15)2)18(21)17(12-14)20-19-3/h6-8,10-12,21H,4-5,9H2,1-3H3/b20-19+. The summed E-state index contributed by atoms with van der Waals surface area (Å²) in [7, 11) is 1.62. The zero-order chi connectivity index (χ0) is 15.2. The van der Waals surface area contributed by atoms with Gasteiger partial charge in [0, 0.05) is 12.6 Å². The lowest BCUT2D eigenvalue weighted by atomic mass is 9.95. The third-order valence-corrected chi connectivity index (χ3v) is 3.61. The van der Waals surface area contributed by atoms with Crippen LogP contribution in [0.4, 0.5) is 5.69 Å². The molecule has 110 valence electrons. The van der Waals surface area contributed by atoms with Crippen molar-refractivity contribution in [1.29, 1.82) is 0 Å². The van der Waals surface area contributed by atoms with Gasteiger partial charge in [0.25, 0.3) is 0 Å². The Hall–Kier alpha value is -2.16. The number of aryl methyl sites for hydroxylation is 2. The van der Waals surface area contributed by atoms with E-state index in [1.165, 1.54) is 5.56 Å². The van der Waals surface area contributed by atoms with E-state index in [0.29, 0.717) is 5.69 Å². The Balaban J connectivity index is 2.58. The molecule has 0 unspecified atom stereocenters. The van der Waals surface area contributed by atoms with Crippen molar-refractivity contribution < 1.29 is 5.11 Å². The minimum Gasteiger partial charge on any atom is -0.505 e. The third kappa shape index (κ3) is 3.48. The van der Waals surface area contributed by atoms with Crippen LogP contribution < -0.4 is 0 Å². The van der Waals surface area contributed by atoms with E-state index in [-0.39, 0.29) is 5.75 Å². The average Bonchev–Trinajstić information content (AvgIpc) is 2.49. The highest BCUT2D eigenvalue weighted by Crippen LogP contribution is 2.40. The van der Waals surface area contributed by atoms with Crippen LogP contribution in [0.3, 0.4) is 0 Å². The van der Waals surface area contributed by atoms with E-state index in [4.69, 9.17) is 0 Å². The van der Waals surface area contributed by atoms with Gasteiger partial charge >= 0.3 is 0 Å². The molecule has 2 aromatic rings. The summed E-state index contributed by atoms with van der Waals surface area (Å²) in [6.07, 6.45) is 3.26. The van der Waals surface area contributed by atoms with Gasteiger partial charge in [-0.25, -0.2) is 0 Å². The van der Waals surface area contributed by atoms with Crippen molar-refractivity contribution in [1.82, 2.24) is 0 Å². The summed E-state index contributed by atoms with van der Waals surface area (Å²) in [5.74, 6) is 0.204. The molecule has 0 atom stereocenters. The average molecular weight is 282 g/mol. The van der Waals surface area contributed by atoms with E-state index >= 15 is 0 Å². The zero-order valence-corrected chi connectivity index (χ0v) is 12.9. The van der Waals surface area contributed by atoms with Crippen molar-refractivity contribution in [2.24, 2.45) is 10.2 Å². The second-order valence-electron chi connectivity index (χ2n) is 5.23. The number of aromatic hydroxyl groups is 1. The molecular formula is C18H22N2O. The van der Waals surface area contributed by atoms with Gasteiger partial charge in [-0.3, -0.25) is 0 Å². The van der Waals surface area contributed by atoms with Gasteiger partial charge in [0.1, 0.15) is 5.69 Å². The van der Waals surface area contributed by atoms with Crippen LogP contribution in [0.2, 0.25) is 0 Å². The number of unbranched alkanes of at least 4 members (excludes halogenated alkanes) is 1. The summed E-state index contributed by atoms with van der Waals surface area (Å²) >= 11 is 0. The molecule has 0 aliphatic carbocycles. The fraction of sp³-hybridized carbons (Fsp3) is 0.333. The van der Waals surface area contributed by atoms with Gasteiger partial charge in [-0.15, -0.1) is 0 Å². The van der Waals surface area contributed by atoms with Gasteiger partial charge in [0.05, 0.1) is 0 Å². The predicted octanol–water partition coefficient (Wildman–Crippen LogP) is 5.42. The number of nitrogens with zero attached hydrogens (tertiary/aromatic N) is 2. The number of phenols is 1. The van der Waals surface area contributed by atoms with Crippen molar-refractivity contribution in [2.75, 3.05) is 7.05 Å². The molecule has 1 N–H and O–H groups in total. The van der Waals surface area contributed by atoms with Crippen LogP contribution in [0.25, 0.3) is 11.1 Å². The summed E-state index contributed by atoms with van der Waals surface area (Å²) in [5, 5.41) is 18.4. The van der Waals surface area contributed by atoms with E-state index in [0.717, 1.165) is 36.0 Å². The van der Waals surface area contributed by atoms with Crippen LogP contribution in [0.5, 0.6) is 5.75 Å². The van der Waals surface area contributed by atoms with Crippen molar-refractivity contribution in [3.05, 3.63) is 47.5 Å². The fourth-order valence-electron chi connectivity index (χ4n) is 2.47. The van der Waals surface area contributed by atoms with Gasteiger partial charge in [-0.1, -0.05) is 37.6 Å². The van der Waals surface area contributed by atoms with Crippen molar-refractivity contribution >= 4 is 5.69 Å².